The molecule has 1 amide bonds. The van der Waals surface area contributed by atoms with Crippen LogP contribution in [0.4, 0.5) is 0 Å². The molecule has 0 saturated carbocycles. The fourth-order valence-electron chi connectivity index (χ4n) is 2.69. The van der Waals surface area contributed by atoms with E-state index in [1.54, 1.807) is 30.5 Å². The fraction of sp³-hybridized carbons (Fsp3) is 0.533. The molecule has 0 radical (unpaired) electrons. The Morgan fingerprint density at radius 3 is 2.47 bits per heavy atom. The van der Waals surface area contributed by atoms with Gasteiger partial charge in [0.05, 0.1) is 0 Å². The molecule has 0 aliphatic carbocycles. The summed E-state index contributed by atoms with van der Waals surface area (Å²) in [5, 5.41) is 0. The van der Waals surface area contributed by atoms with Crippen molar-refractivity contribution in [2.24, 2.45) is 5.92 Å². The van der Waals surface area contributed by atoms with Crippen LogP contribution >= 0.6 is 0 Å². The second kappa shape index (κ2) is 5.87. The first kappa shape index (κ1) is 14.3. The molecule has 1 saturated heterocycles. The molecule has 0 unspecified atom stereocenters. The predicted octanol–water partition coefficient (Wildman–Crippen LogP) is 2.68. The van der Waals surface area contributed by atoms with E-state index in [9.17, 15) is 9.00 Å². The van der Waals surface area contributed by atoms with Crippen molar-refractivity contribution >= 4 is 16.7 Å². The number of nitrogens with zero attached hydrogens (tertiary/aromatic N) is 1. The zero-order chi connectivity index (χ0) is 14.0. The summed E-state index contributed by atoms with van der Waals surface area (Å²) in [6.07, 6.45) is 3.83. The van der Waals surface area contributed by atoms with Gasteiger partial charge in [-0.05, 0) is 43.0 Å². The Hall–Kier alpha value is -1.16. The Bertz CT molecular complexity index is 481. The Morgan fingerprint density at radius 2 is 1.95 bits per heavy atom. The molecule has 1 heterocycles. The van der Waals surface area contributed by atoms with Gasteiger partial charge in [0.2, 0.25) is 0 Å². The van der Waals surface area contributed by atoms with E-state index >= 15 is 0 Å². The lowest BCUT2D eigenvalue weighted by atomic mass is 10.0. The van der Waals surface area contributed by atoms with Gasteiger partial charge in [-0.15, -0.1) is 0 Å². The van der Waals surface area contributed by atoms with Crippen LogP contribution in [0.3, 0.4) is 0 Å². The minimum atomic E-state index is -0.992. The molecule has 0 aromatic heterocycles. The number of carbonyl (C=O) groups excluding carboxylic acids is 1. The van der Waals surface area contributed by atoms with E-state index in [0.717, 1.165) is 24.3 Å². The van der Waals surface area contributed by atoms with E-state index in [-0.39, 0.29) is 5.91 Å². The van der Waals surface area contributed by atoms with Crippen molar-refractivity contribution in [1.82, 2.24) is 4.90 Å². The third-order valence-electron chi connectivity index (χ3n) is 3.76. The van der Waals surface area contributed by atoms with Gasteiger partial charge in [-0.3, -0.25) is 9.00 Å². The standard InChI is InChI=1S/C15H21NO2S/c1-11(2)14-5-4-10-16(14)15(17)12-6-8-13(9-7-12)19(3)18/h6-9,11,14H,4-5,10H2,1-3H3/t14-,19-/m1/s1. The topological polar surface area (TPSA) is 37.4 Å². The molecule has 0 bridgehead atoms. The Morgan fingerprint density at radius 1 is 1.32 bits per heavy atom. The van der Waals surface area contributed by atoms with Gasteiger partial charge in [-0.1, -0.05) is 13.8 Å². The maximum Gasteiger partial charge on any atom is 0.254 e. The first-order valence-electron chi connectivity index (χ1n) is 6.75. The maximum atomic E-state index is 12.5. The van der Waals surface area contributed by atoms with Crippen LogP contribution in [0.1, 0.15) is 37.0 Å². The number of hydrogen-bond donors (Lipinski definition) is 0. The van der Waals surface area contributed by atoms with Crippen LogP contribution in [0.15, 0.2) is 29.2 Å². The Kier molecular flexibility index (Phi) is 4.40. The second-order valence-electron chi connectivity index (χ2n) is 5.43. The van der Waals surface area contributed by atoms with Crippen LogP contribution in [-0.2, 0) is 10.8 Å². The van der Waals surface area contributed by atoms with Crippen LogP contribution in [0, 0.1) is 5.92 Å². The summed E-state index contributed by atoms with van der Waals surface area (Å²) >= 11 is 0. The molecule has 3 nitrogen and oxygen atoms in total. The van der Waals surface area contributed by atoms with Crippen molar-refractivity contribution in [1.29, 1.82) is 0 Å². The van der Waals surface area contributed by atoms with Crippen LogP contribution in [-0.4, -0.2) is 33.9 Å². The number of hydrogen-bond acceptors (Lipinski definition) is 2. The number of benzene rings is 1. The minimum absolute atomic E-state index is 0.102. The number of amides is 1. The predicted molar refractivity (Wildman–Crippen MR) is 77.7 cm³/mol. The summed E-state index contributed by atoms with van der Waals surface area (Å²) in [6.45, 7) is 5.18. The highest BCUT2D eigenvalue weighted by atomic mass is 32.2. The average molecular weight is 279 g/mol. The normalized spacial score (nSPS) is 20.8. The molecular formula is C15H21NO2S. The van der Waals surface area contributed by atoms with E-state index in [2.05, 4.69) is 13.8 Å². The van der Waals surface area contributed by atoms with Crippen LogP contribution < -0.4 is 0 Å². The summed E-state index contributed by atoms with van der Waals surface area (Å²) < 4.78 is 11.3. The van der Waals surface area contributed by atoms with E-state index in [1.165, 1.54) is 0 Å². The summed E-state index contributed by atoms with van der Waals surface area (Å²) in [6, 6.07) is 7.49. The largest absolute Gasteiger partial charge is 0.335 e. The lowest BCUT2D eigenvalue weighted by Crippen LogP contribution is -2.38. The van der Waals surface area contributed by atoms with Crippen molar-refractivity contribution in [3.05, 3.63) is 29.8 Å². The Labute approximate surface area is 117 Å². The van der Waals surface area contributed by atoms with Gasteiger partial charge in [0.1, 0.15) is 0 Å². The van der Waals surface area contributed by atoms with Gasteiger partial charge in [0.25, 0.3) is 5.91 Å². The molecule has 4 heteroatoms. The van der Waals surface area contributed by atoms with Gasteiger partial charge < -0.3 is 4.90 Å². The molecule has 0 N–H and O–H groups in total. The number of rotatable bonds is 3. The molecule has 1 aromatic carbocycles. The van der Waals surface area contributed by atoms with Crippen LogP contribution in [0.2, 0.25) is 0 Å². The van der Waals surface area contributed by atoms with Gasteiger partial charge in [-0.25, -0.2) is 0 Å². The zero-order valence-corrected chi connectivity index (χ0v) is 12.6. The summed E-state index contributed by atoms with van der Waals surface area (Å²) in [5.41, 5.74) is 0.696. The van der Waals surface area contributed by atoms with Gasteiger partial charge in [0, 0.05) is 40.1 Å². The van der Waals surface area contributed by atoms with Crippen molar-refractivity contribution < 1.29 is 9.00 Å². The zero-order valence-electron chi connectivity index (χ0n) is 11.8. The molecule has 1 aliphatic heterocycles. The summed E-state index contributed by atoms with van der Waals surface area (Å²) in [5.74, 6) is 0.596. The molecule has 2 rings (SSSR count). The average Bonchev–Trinajstić information content (AvgIpc) is 2.87. The van der Waals surface area contributed by atoms with Crippen molar-refractivity contribution in [2.45, 2.75) is 37.6 Å². The highest BCUT2D eigenvalue weighted by molar-refractivity contribution is 7.84. The summed E-state index contributed by atoms with van der Waals surface area (Å²) in [7, 11) is -0.992. The van der Waals surface area contributed by atoms with Crippen molar-refractivity contribution in [3.63, 3.8) is 0 Å². The molecule has 1 fully saturated rings. The van der Waals surface area contributed by atoms with Gasteiger partial charge >= 0.3 is 0 Å². The smallest absolute Gasteiger partial charge is 0.254 e. The van der Waals surface area contributed by atoms with E-state index < -0.39 is 10.8 Å². The molecule has 0 spiro atoms. The quantitative estimate of drug-likeness (QED) is 0.853. The second-order valence-corrected chi connectivity index (χ2v) is 6.81. The number of likely N-dealkylation sites (tertiary alicyclic amines) is 1. The lowest BCUT2D eigenvalue weighted by molar-refractivity contribution is 0.0701. The van der Waals surface area contributed by atoms with E-state index in [4.69, 9.17) is 0 Å². The highest BCUT2D eigenvalue weighted by Gasteiger charge is 2.31. The monoisotopic (exact) mass is 279 g/mol. The van der Waals surface area contributed by atoms with Crippen molar-refractivity contribution in [3.8, 4) is 0 Å². The SMILES string of the molecule is CC(C)[C@H]1CCCN1C(=O)c1ccc([S@@](C)=O)cc1. The van der Waals surface area contributed by atoms with E-state index in [1.807, 2.05) is 4.90 Å². The highest BCUT2D eigenvalue weighted by Crippen LogP contribution is 2.25. The lowest BCUT2D eigenvalue weighted by Gasteiger charge is -2.27. The first-order chi connectivity index (χ1) is 9.00. The maximum absolute atomic E-state index is 12.5. The molecule has 19 heavy (non-hydrogen) atoms. The third kappa shape index (κ3) is 3.06. The molecular weight excluding hydrogens is 258 g/mol. The molecule has 104 valence electrons. The van der Waals surface area contributed by atoms with Crippen LogP contribution in [0.25, 0.3) is 0 Å². The van der Waals surface area contributed by atoms with Crippen molar-refractivity contribution in [2.75, 3.05) is 12.8 Å². The summed E-state index contributed by atoms with van der Waals surface area (Å²) in [4.78, 5) is 15.2. The molecule has 1 aromatic rings. The minimum Gasteiger partial charge on any atom is -0.335 e. The first-order valence-corrected chi connectivity index (χ1v) is 8.31. The van der Waals surface area contributed by atoms with E-state index in [0.29, 0.717) is 17.5 Å². The molecule has 2 atom stereocenters. The third-order valence-corrected chi connectivity index (χ3v) is 4.70. The number of carbonyl (C=O) groups is 1. The van der Waals surface area contributed by atoms with Crippen LogP contribution in [0.5, 0.6) is 0 Å². The Balaban J connectivity index is 2.17. The van der Waals surface area contributed by atoms with Gasteiger partial charge in [-0.2, -0.15) is 0 Å². The molecule has 1 aliphatic rings. The fourth-order valence-corrected chi connectivity index (χ4v) is 3.21. The van der Waals surface area contributed by atoms with Gasteiger partial charge in [0.15, 0.2) is 0 Å².